The van der Waals surface area contributed by atoms with E-state index in [1.807, 2.05) is 0 Å². The minimum atomic E-state index is -1.32. The van der Waals surface area contributed by atoms with Crippen molar-refractivity contribution in [3.8, 4) is 17.2 Å². The van der Waals surface area contributed by atoms with Gasteiger partial charge in [-0.2, -0.15) is 0 Å². The van der Waals surface area contributed by atoms with Crippen LogP contribution in [-0.2, 0) is 15.9 Å². The number of phenolic OH excluding ortho intramolecular Hbond substituents is 3. The quantitative estimate of drug-likeness (QED) is 0.284. The zero-order chi connectivity index (χ0) is 26.1. The van der Waals surface area contributed by atoms with Crippen molar-refractivity contribution in [1.82, 2.24) is 0 Å². The van der Waals surface area contributed by atoms with E-state index < -0.39 is 64.6 Å². The molecule has 2 aromatic carbocycles. The molecule has 1 aliphatic heterocycles. The number of aliphatic hydroxyl groups is 2. The molecule has 0 amide bonds. The zero-order valence-electron chi connectivity index (χ0n) is 20.0. The lowest BCUT2D eigenvalue weighted by Gasteiger charge is -2.42. The van der Waals surface area contributed by atoms with Gasteiger partial charge in [0.2, 0.25) is 5.78 Å². The van der Waals surface area contributed by atoms with Crippen LogP contribution in [0.5, 0.6) is 17.2 Å². The third-order valence-electron chi connectivity index (χ3n) is 7.75. The van der Waals surface area contributed by atoms with E-state index in [2.05, 4.69) is 5.73 Å². The zero-order valence-corrected chi connectivity index (χ0v) is 20.0. The molecule has 6 atom stereocenters. The first-order chi connectivity index (χ1) is 17.0. The van der Waals surface area contributed by atoms with Crippen LogP contribution >= 0.6 is 0 Å². The summed E-state index contributed by atoms with van der Waals surface area (Å²) in [6, 6.07) is 3.67. The van der Waals surface area contributed by atoms with E-state index in [0.717, 1.165) is 0 Å². The van der Waals surface area contributed by atoms with E-state index in [0.29, 0.717) is 6.42 Å². The molecule has 192 valence electrons. The molecule has 36 heavy (non-hydrogen) atoms. The smallest absolute Gasteiger partial charge is 0.202 e. The normalized spacial score (nSPS) is 31.5. The van der Waals surface area contributed by atoms with Gasteiger partial charge >= 0.3 is 0 Å². The molecule has 1 fully saturated rings. The van der Waals surface area contributed by atoms with Crippen LogP contribution in [0.3, 0.4) is 0 Å². The van der Waals surface area contributed by atoms with Gasteiger partial charge in [-0.05, 0) is 19.4 Å². The second-order valence-electron chi connectivity index (χ2n) is 10.0. The molecule has 0 bridgehead atoms. The highest BCUT2D eigenvalue weighted by atomic mass is 16.7. The van der Waals surface area contributed by atoms with E-state index in [9.17, 15) is 35.1 Å². The van der Waals surface area contributed by atoms with Gasteiger partial charge in [-0.1, -0.05) is 19.1 Å². The number of ether oxygens (including phenoxy) is 2. The molecule has 10 heteroatoms. The number of rotatable bonds is 3. The summed E-state index contributed by atoms with van der Waals surface area (Å²) in [5.74, 6) is -2.97. The maximum Gasteiger partial charge on any atom is 0.202 e. The number of hydrogen-bond acceptors (Lipinski definition) is 9. The van der Waals surface area contributed by atoms with Crippen molar-refractivity contribution in [3.05, 3.63) is 51.6 Å². The minimum Gasteiger partial charge on any atom is -0.507 e. The second-order valence-corrected chi connectivity index (χ2v) is 10.0. The van der Waals surface area contributed by atoms with Crippen LogP contribution in [0.25, 0.3) is 0 Å². The number of aromatic hydroxyl groups is 3. The molecule has 0 spiro atoms. The van der Waals surface area contributed by atoms with Gasteiger partial charge in [0.15, 0.2) is 12.1 Å². The average molecular weight is 501 g/mol. The monoisotopic (exact) mass is 500 g/mol. The Morgan fingerprint density at radius 3 is 2.47 bits per heavy atom. The first-order valence-electron chi connectivity index (χ1n) is 12.0. The Hall–Kier alpha value is -3.02. The fourth-order valence-corrected chi connectivity index (χ4v) is 5.64. The number of aliphatic hydroxyl groups excluding tert-OH is 1. The Morgan fingerprint density at radius 2 is 1.81 bits per heavy atom. The summed E-state index contributed by atoms with van der Waals surface area (Å²) in [7, 11) is 0. The van der Waals surface area contributed by atoms with E-state index in [1.165, 1.54) is 18.2 Å². The van der Waals surface area contributed by atoms with Gasteiger partial charge in [-0.3, -0.25) is 9.59 Å². The van der Waals surface area contributed by atoms with Gasteiger partial charge in [0.25, 0.3) is 0 Å². The minimum absolute atomic E-state index is 0.0326. The third-order valence-corrected chi connectivity index (χ3v) is 7.75. The molecule has 0 aromatic heterocycles. The summed E-state index contributed by atoms with van der Waals surface area (Å²) in [6.45, 7) is 3.45. The topological polar surface area (TPSA) is 181 Å². The molecular formula is C26H30NO9+. The summed E-state index contributed by atoms with van der Waals surface area (Å²) in [4.78, 5) is 26.7. The van der Waals surface area contributed by atoms with Crippen LogP contribution in [0.2, 0.25) is 0 Å². The molecule has 2 aliphatic carbocycles. The van der Waals surface area contributed by atoms with Gasteiger partial charge in [-0.25, -0.2) is 0 Å². The van der Waals surface area contributed by atoms with Gasteiger partial charge in [0.1, 0.15) is 29.4 Å². The highest BCUT2D eigenvalue weighted by molar-refractivity contribution is 6.31. The number of carbonyl (C=O) groups is 2. The Kier molecular flexibility index (Phi) is 5.85. The number of quaternary nitrogens is 1. The van der Waals surface area contributed by atoms with Crippen molar-refractivity contribution in [2.75, 3.05) is 0 Å². The lowest BCUT2D eigenvalue weighted by Crippen LogP contribution is -2.71. The maximum absolute atomic E-state index is 13.4. The van der Waals surface area contributed by atoms with Crippen LogP contribution in [0.15, 0.2) is 18.2 Å². The Morgan fingerprint density at radius 1 is 1.11 bits per heavy atom. The van der Waals surface area contributed by atoms with Gasteiger partial charge < -0.3 is 40.7 Å². The largest absolute Gasteiger partial charge is 0.507 e. The fraction of sp³-hybridized carbons (Fsp3) is 0.462. The number of fused-ring (bicyclic) bond motifs is 3. The number of ketones is 2. The van der Waals surface area contributed by atoms with Crippen molar-refractivity contribution in [1.29, 1.82) is 0 Å². The Labute approximate surface area is 206 Å². The predicted molar refractivity (Wildman–Crippen MR) is 124 cm³/mol. The van der Waals surface area contributed by atoms with Crippen molar-refractivity contribution in [3.63, 3.8) is 0 Å². The van der Waals surface area contributed by atoms with Crippen LogP contribution in [-0.4, -0.2) is 67.2 Å². The first-order valence-corrected chi connectivity index (χ1v) is 12.0. The molecule has 10 nitrogen and oxygen atoms in total. The molecule has 1 heterocycles. The SMILES string of the molecule is CC[C@]1(O)Cc2c(O)c3c(c(O)c2[C@@H](O[C@H]2C[C@H]([NH3+])[C@H](O)[C@H](C)O2)C1)C(=O)c1c(O)cccc1C3=O. The Balaban J connectivity index is 1.66. The highest BCUT2D eigenvalue weighted by Gasteiger charge is 2.47. The van der Waals surface area contributed by atoms with Crippen LogP contribution < -0.4 is 5.73 Å². The van der Waals surface area contributed by atoms with Gasteiger partial charge in [0.05, 0.1) is 40.9 Å². The summed E-state index contributed by atoms with van der Waals surface area (Å²) in [6.07, 6.45) is -2.67. The molecule has 3 aliphatic rings. The Bertz CT molecular complexity index is 1260. The number of carbonyl (C=O) groups excluding carboxylic acids is 2. The molecule has 0 saturated carbocycles. The molecular weight excluding hydrogens is 470 g/mol. The number of hydrogen-bond donors (Lipinski definition) is 6. The lowest BCUT2D eigenvalue weighted by molar-refractivity contribution is -0.466. The second kappa shape index (κ2) is 8.53. The van der Waals surface area contributed by atoms with E-state index in [1.54, 1.807) is 13.8 Å². The summed E-state index contributed by atoms with van der Waals surface area (Å²) in [5, 5.41) is 54.4. The molecule has 5 rings (SSSR count). The summed E-state index contributed by atoms with van der Waals surface area (Å²) in [5.41, 5.74) is 1.72. The predicted octanol–water partition coefficient (Wildman–Crippen LogP) is 0.830. The van der Waals surface area contributed by atoms with Crippen molar-refractivity contribution < 1.29 is 50.3 Å². The van der Waals surface area contributed by atoms with Crippen LogP contribution in [0, 0.1) is 0 Å². The first kappa shape index (κ1) is 24.7. The van der Waals surface area contributed by atoms with Gasteiger partial charge in [-0.15, -0.1) is 0 Å². The third kappa shape index (κ3) is 3.60. The summed E-state index contributed by atoms with van der Waals surface area (Å²) >= 11 is 0. The van der Waals surface area contributed by atoms with Crippen molar-refractivity contribution in [2.45, 2.75) is 75.8 Å². The molecule has 1 saturated heterocycles. The molecule has 2 aromatic rings. The average Bonchev–Trinajstić information content (AvgIpc) is 2.82. The standard InChI is InChI=1S/C26H29NO9/c1-3-26(34)8-12-18(15(9-26)36-16-7-13(27)21(29)10(2)35-16)25(33)20-19(23(12)31)22(30)11-5-4-6-14(28)17(11)24(20)32/h4-6,10,13,15-16,21,28-29,31,33-34H,3,7-9,27H2,1-2H3/p+1/t10-,13-,15-,16-,21+,26-/m0/s1. The van der Waals surface area contributed by atoms with Crippen molar-refractivity contribution >= 4 is 11.6 Å². The van der Waals surface area contributed by atoms with Gasteiger partial charge in [0, 0.05) is 29.5 Å². The lowest BCUT2D eigenvalue weighted by atomic mass is 9.72. The highest BCUT2D eigenvalue weighted by Crippen LogP contribution is 2.52. The summed E-state index contributed by atoms with van der Waals surface area (Å²) < 4.78 is 12.0. The van der Waals surface area contributed by atoms with E-state index >= 15 is 0 Å². The number of phenols is 3. The molecule has 0 unspecified atom stereocenters. The fourth-order valence-electron chi connectivity index (χ4n) is 5.64. The number of benzene rings is 2. The van der Waals surface area contributed by atoms with Crippen LogP contribution in [0.1, 0.15) is 82.2 Å². The van der Waals surface area contributed by atoms with E-state index in [4.69, 9.17) is 9.47 Å². The van der Waals surface area contributed by atoms with Crippen molar-refractivity contribution in [2.24, 2.45) is 0 Å². The maximum atomic E-state index is 13.4. The van der Waals surface area contributed by atoms with E-state index in [-0.39, 0.29) is 53.1 Å². The molecule has 8 N–H and O–H groups in total. The van der Waals surface area contributed by atoms with Crippen LogP contribution in [0.4, 0.5) is 0 Å². The molecule has 0 radical (unpaired) electrons.